The maximum atomic E-state index is 12.8. The molecule has 12 heterocycles. The number of carbonyl (C=O) groups is 1. The van der Waals surface area contributed by atoms with Gasteiger partial charge in [0.2, 0.25) is 0 Å². The van der Waals surface area contributed by atoms with Crippen molar-refractivity contribution in [2.75, 3.05) is 4.90 Å². The second-order valence-corrected chi connectivity index (χ2v) is 35.7. The molecule has 0 aliphatic carbocycles. The smallest absolute Gasteiger partial charge is 0.193 e. The number of anilines is 3. The molecule has 28 rings (SSSR count). The van der Waals surface area contributed by atoms with Crippen molar-refractivity contribution in [2.24, 2.45) is 0 Å². The first kappa shape index (κ1) is 80.3. The maximum absolute atomic E-state index is 12.8. The van der Waals surface area contributed by atoms with Crippen molar-refractivity contribution < 1.29 is 4.79 Å². The van der Waals surface area contributed by atoms with Gasteiger partial charge in [-0.15, -0.1) is 20.8 Å². The number of rotatable bonds is 12. The maximum Gasteiger partial charge on any atom is 0.193 e. The second kappa shape index (κ2) is 32.7. The normalized spacial score (nSPS) is 13.0. The van der Waals surface area contributed by atoms with E-state index >= 15 is 0 Å². The van der Waals surface area contributed by atoms with Crippen molar-refractivity contribution in [3.8, 4) is 78.9 Å². The number of allylic oxidation sites excluding steroid dienone is 1. The van der Waals surface area contributed by atoms with E-state index in [2.05, 4.69) is 390 Å². The third-order valence-corrected chi connectivity index (χ3v) is 27.1. The fourth-order valence-electron chi connectivity index (χ4n) is 20.4. The van der Waals surface area contributed by atoms with Gasteiger partial charge in [-0.3, -0.25) is 14.8 Å². The molecule has 17 nitrogen and oxygen atoms in total. The van der Waals surface area contributed by atoms with E-state index in [-0.39, 0.29) is 11.2 Å². The van der Waals surface area contributed by atoms with Crippen LogP contribution >= 0.6 is 0 Å². The summed E-state index contributed by atoms with van der Waals surface area (Å²) in [6, 6.07) is 144. The van der Waals surface area contributed by atoms with Gasteiger partial charge < -0.3 is 19.5 Å². The van der Waals surface area contributed by atoms with Gasteiger partial charge in [0, 0.05) is 130 Å². The number of hydrogen-bond acceptors (Lipinski definition) is 12. The molecule has 17 heteroatoms. The number of nitrogens with zero attached hydrogens (tertiary/aromatic N) is 14. The van der Waals surface area contributed by atoms with Crippen LogP contribution in [0, 0.1) is 0 Å². The second-order valence-electron chi connectivity index (χ2n) is 35.7. The number of ketones is 1. The highest BCUT2D eigenvalue weighted by molar-refractivity contribution is 6.14. The first-order valence-corrected chi connectivity index (χ1v) is 46.2. The van der Waals surface area contributed by atoms with Gasteiger partial charge in [0.1, 0.15) is 0 Å². The van der Waals surface area contributed by atoms with Crippen molar-refractivity contribution in [1.29, 1.82) is 0 Å². The van der Waals surface area contributed by atoms with Crippen molar-refractivity contribution in [2.45, 2.75) is 19.3 Å². The van der Waals surface area contributed by atoms with Crippen molar-refractivity contribution in [1.82, 2.24) is 73.9 Å². The summed E-state index contributed by atoms with van der Waals surface area (Å²) < 4.78 is 10.4. The molecule has 3 aliphatic heterocycles. The predicted molar refractivity (Wildman–Crippen MR) is 557 cm³/mol. The Balaban J connectivity index is 0.000000110. The molecule has 0 unspecified atom stereocenters. The minimum Gasteiger partial charge on any atom is -0.310 e. The molecule has 0 atom stereocenters. The molecule has 9 aromatic heterocycles. The third-order valence-electron chi connectivity index (χ3n) is 27.1. The van der Waals surface area contributed by atoms with Gasteiger partial charge in [0.25, 0.3) is 0 Å². The summed E-state index contributed by atoms with van der Waals surface area (Å²) in [4.78, 5) is 34.6. The zero-order valence-corrected chi connectivity index (χ0v) is 74.9. The Hall–Kier alpha value is -18.6. The van der Waals surface area contributed by atoms with Gasteiger partial charge in [-0.2, -0.15) is 0 Å². The number of nitrogens with one attached hydrogen (secondary N) is 2. The van der Waals surface area contributed by atoms with E-state index in [1.807, 2.05) is 118 Å². The molecular weight excluding hydrogens is 1690 g/mol. The number of carbonyl (C=O) groups excluding carboxylic acids is 1. The SMILES string of the molecule is CC1(C)c2ccccc2N(c2cc(-c3cccnc3)cc(-c3nc4ccc5ccc6ccccc6c5n4n3)c2)c2ccccc21.O=C(c1ccccc1)c1ccc(-c2nc3c(C4=C5C=c6ccccc6=CN5NN4)cccn3n2)cc1.c1ccc(-c2cc(-c3nc4cc5ccccc5cn4n3)cc(-n3c4ccccc4c4cc(-c5ccc6c(c5)c5ccccc5n6-c5ccccc5)ccc43)c2)cc1. The molecule has 0 bridgehead atoms. The summed E-state index contributed by atoms with van der Waals surface area (Å²) in [5.41, 5.74) is 36.4. The van der Waals surface area contributed by atoms with Crippen LogP contribution in [-0.2, 0) is 5.41 Å². The van der Waals surface area contributed by atoms with Gasteiger partial charge in [-0.05, 0) is 200 Å². The quantitative estimate of drug-likeness (QED) is 0.0881. The molecule has 652 valence electrons. The minimum atomic E-state index is -0.138. The van der Waals surface area contributed by atoms with Crippen LogP contribution in [0.5, 0.6) is 0 Å². The number of fused-ring (bicyclic) bond motifs is 18. The number of hydrazine groups is 2. The Morgan fingerprint density at radius 1 is 0.348 bits per heavy atom. The zero-order chi connectivity index (χ0) is 91.6. The topological polar surface area (TPSA) is 161 Å². The average molecular weight is 1780 g/mol. The van der Waals surface area contributed by atoms with Crippen LogP contribution in [0.2, 0.25) is 0 Å². The fourth-order valence-corrected chi connectivity index (χ4v) is 20.4. The Morgan fingerprint density at radius 3 is 1.60 bits per heavy atom. The molecule has 25 aromatic rings. The van der Waals surface area contributed by atoms with Gasteiger partial charge in [0.05, 0.1) is 50.4 Å². The standard InChI is InChI=1S/C52H33N5.C40H29N5.C29H20N6O/c1-3-13-34(14-4-1)39-27-40(52-53-51-32-35-15-7-8-16-38(35)33-55(51)54-52)29-42(28-39)57-48-22-12-10-20-44(48)46-31-37(24-26-50(46)57)36-23-25-49-45(30-36)43-19-9-11-21-47(43)56(49)41-17-5-2-6-18-41;1-40(2)33-13-5-7-15-35(33)44(36-16-8-6-14-34(36)40)31-23-29(28-11-9-21-41-25-28)22-30(24-31)39-42-37-20-19-27-18-17-26-10-3-4-12-32(26)38(27)45(37)43-39;36-27(19-7-2-1-3-8-19)20-12-14-21(15-13-20)28-30-29-24(11-6-16-34(29)32-28)26-25-17-22-9-4-5-10-23(22)18-35(25)33-31-26/h1-33H;3-25H,1-2H3;1-18,31,33H. The van der Waals surface area contributed by atoms with Crippen LogP contribution in [0.25, 0.3) is 190 Å². The lowest BCUT2D eigenvalue weighted by Crippen LogP contribution is -2.40. The van der Waals surface area contributed by atoms with Gasteiger partial charge in [-0.25, -0.2) is 28.5 Å². The van der Waals surface area contributed by atoms with Crippen LogP contribution in [-0.4, -0.2) is 68.7 Å². The van der Waals surface area contributed by atoms with Gasteiger partial charge in [-0.1, -0.05) is 293 Å². The Labute approximate surface area is 791 Å². The number of aromatic nitrogens is 12. The number of benzene rings is 16. The van der Waals surface area contributed by atoms with Crippen molar-refractivity contribution in [3.63, 3.8) is 0 Å². The summed E-state index contributed by atoms with van der Waals surface area (Å²) in [5.74, 6) is 1.96. The van der Waals surface area contributed by atoms with E-state index < -0.39 is 0 Å². The Morgan fingerprint density at radius 2 is 0.884 bits per heavy atom. The lowest BCUT2D eigenvalue weighted by atomic mass is 9.73. The highest BCUT2D eigenvalue weighted by Gasteiger charge is 2.37. The molecule has 0 amide bonds. The van der Waals surface area contributed by atoms with Crippen LogP contribution in [0.4, 0.5) is 17.1 Å². The molecular formula is C121H82N16O. The van der Waals surface area contributed by atoms with Crippen LogP contribution < -0.4 is 26.3 Å². The monoisotopic (exact) mass is 1770 g/mol. The zero-order valence-electron chi connectivity index (χ0n) is 74.9. The van der Waals surface area contributed by atoms with Gasteiger partial charge >= 0.3 is 0 Å². The van der Waals surface area contributed by atoms with Crippen molar-refractivity contribution >= 4 is 134 Å². The number of hydrogen-bond donors (Lipinski definition) is 2. The molecule has 0 saturated heterocycles. The van der Waals surface area contributed by atoms with Crippen LogP contribution in [0.15, 0.2) is 443 Å². The molecule has 0 radical (unpaired) electrons. The lowest BCUT2D eigenvalue weighted by molar-refractivity contribution is 0.103. The molecule has 0 saturated carbocycles. The molecule has 3 aliphatic rings. The highest BCUT2D eigenvalue weighted by atomic mass is 16.1. The molecule has 0 spiro atoms. The summed E-state index contributed by atoms with van der Waals surface area (Å²) in [6.07, 6.45) is 11.9. The number of pyridine rings is 4. The largest absolute Gasteiger partial charge is 0.310 e. The van der Waals surface area contributed by atoms with Crippen molar-refractivity contribution in [3.05, 3.63) is 481 Å². The summed E-state index contributed by atoms with van der Waals surface area (Å²) >= 11 is 0. The van der Waals surface area contributed by atoms with E-state index in [4.69, 9.17) is 30.2 Å². The van der Waals surface area contributed by atoms with Crippen LogP contribution in [0.3, 0.4) is 0 Å². The minimum absolute atomic E-state index is 0.00714. The lowest BCUT2D eigenvalue weighted by Gasteiger charge is -2.42. The highest BCUT2D eigenvalue weighted by Crippen LogP contribution is 2.53. The summed E-state index contributed by atoms with van der Waals surface area (Å²) in [5, 5.41) is 29.8. The van der Waals surface area contributed by atoms with Crippen LogP contribution in [0.1, 0.15) is 46.5 Å². The van der Waals surface area contributed by atoms with E-state index in [1.54, 1.807) is 4.52 Å². The predicted octanol–water partition coefficient (Wildman–Crippen LogP) is 25.8. The van der Waals surface area contributed by atoms with E-state index in [0.717, 1.165) is 138 Å². The van der Waals surface area contributed by atoms with E-state index in [1.165, 1.54) is 71.6 Å². The summed E-state index contributed by atoms with van der Waals surface area (Å²) in [7, 11) is 0. The first-order chi connectivity index (χ1) is 68.0. The summed E-state index contributed by atoms with van der Waals surface area (Å²) in [6.45, 7) is 4.63. The van der Waals surface area contributed by atoms with E-state index in [9.17, 15) is 4.79 Å². The molecule has 138 heavy (non-hydrogen) atoms. The molecule has 0 fully saturated rings. The third kappa shape index (κ3) is 13.8. The van der Waals surface area contributed by atoms with E-state index in [0.29, 0.717) is 28.6 Å². The average Bonchev–Trinajstić information content (AvgIpc) is 0.789. The van der Waals surface area contributed by atoms with Gasteiger partial charge in [0.15, 0.2) is 40.2 Å². The Bertz CT molecular complexity index is 9320. The Kier molecular flexibility index (Phi) is 19.0. The first-order valence-electron chi connectivity index (χ1n) is 46.2. The molecule has 2 N–H and O–H groups in total. The molecule has 16 aromatic carbocycles. The number of para-hydroxylation sites is 5. The fraction of sp³-hybridized carbons (Fsp3) is 0.0248.